The summed E-state index contributed by atoms with van der Waals surface area (Å²) in [6.07, 6.45) is 2.95. The van der Waals surface area contributed by atoms with Gasteiger partial charge in [-0.2, -0.15) is 5.26 Å². The van der Waals surface area contributed by atoms with E-state index >= 15 is 0 Å². The van der Waals surface area contributed by atoms with Crippen LogP contribution in [0, 0.1) is 11.3 Å². The third kappa shape index (κ3) is 3.75. The predicted octanol–water partition coefficient (Wildman–Crippen LogP) is 4.14. The Bertz CT molecular complexity index is 926. The number of rotatable bonds is 6. The summed E-state index contributed by atoms with van der Waals surface area (Å²) in [4.78, 5) is 27.4. The van der Waals surface area contributed by atoms with Crippen LogP contribution in [0.4, 0.5) is 11.4 Å². The Labute approximate surface area is 158 Å². The lowest BCUT2D eigenvalue weighted by atomic mass is 10.0. The second-order valence-electron chi connectivity index (χ2n) is 6.36. The van der Waals surface area contributed by atoms with E-state index in [2.05, 4.69) is 12.2 Å². The van der Waals surface area contributed by atoms with Crippen molar-refractivity contribution in [3.8, 4) is 6.07 Å². The van der Waals surface area contributed by atoms with Crippen LogP contribution in [0.5, 0.6) is 0 Å². The molecule has 0 unspecified atom stereocenters. The molecule has 1 aliphatic rings. The molecular formula is C22H21N3O2. The molecule has 27 heavy (non-hydrogen) atoms. The first-order chi connectivity index (χ1) is 13.2. The Hall–Kier alpha value is -3.39. The third-order valence-corrected chi connectivity index (χ3v) is 4.53. The van der Waals surface area contributed by atoms with Gasteiger partial charge in [0.05, 0.1) is 11.3 Å². The number of nitrogens with zero attached hydrogens (tertiary/aromatic N) is 2. The summed E-state index contributed by atoms with van der Waals surface area (Å²) in [5.74, 6) is -0.857. The molecule has 1 aliphatic heterocycles. The first kappa shape index (κ1) is 18.4. The molecule has 0 fully saturated rings. The summed E-state index contributed by atoms with van der Waals surface area (Å²) < 4.78 is 0. The first-order valence-corrected chi connectivity index (χ1v) is 9.09. The van der Waals surface area contributed by atoms with Gasteiger partial charge in [-0.25, -0.2) is 0 Å². The molecule has 0 aromatic heterocycles. The number of benzene rings is 2. The highest BCUT2D eigenvalue weighted by atomic mass is 16.2. The van der Waals surface area contributed by atoms with Crippen LogP contribution < -0.4 is 10.2 Å². The van der Waals surface area contributed by atoms with Gasteiger partial charge in [-0.15, -0.1) is 0 Å². The normalized spacial score (nSPS) is 14.5. The van der Waals surface area contributed by atoms with Crippen molar-refractivity contribution in [1.82, 2.24) is 0 Å². The molecule has 0 radical (unpaired) electrons. The zero-order valence-corrected chi connectivity index (χ0v) is 15.2. The van der Waals surface area contributed by atoms with Gasteiger partial charge in [-0.1, -0.05) is 56.2 Å². The van der Waals surface area contributed by atoms with E-state index in [1.54, 1.807) is 35.2 Å². The van der Waals surface area contributed by atoms with Crippen LogP contribution >= 0.6 is 0 Å². The first-order valence-electron chi connectivity index (χ1n) is 9.09. The van der Waals surface area contributed by atoms with Gasteiger partial charge < -0.3 is 10.2 Å². The number of hydrogen-bond acceptors (Lipinski definition) is 3. The minimum Gasteiger partial charge on any atom is -0.321 e. The third-order valence-electron chi connectivity index (χ3n) is 4.53. The van der Waals surface area contributed by atoms with Gasteiger partial charge in [-0.3, -0.25) is 9.59 Å². The number of carbonyl (C=O) groups is 2. The molecule has 136 valence electrons. The van der Waals surface area contributed by atoms with E-state index in [4.69, 9.17) is 0 Å². The van der Waals surface area contributed by atoms with Gasteiger partial charge in [0.2, 0.25) is 0 Å². The lowest BCUT2D eigenvalue weighted by molar-refractivity contribution is -0.114. The number of nitriles is 1. The van der Waals surface area contributed by atoms with Crippen LogP contribution in [0.25, 0.3) is 5.57 Å². The van der Waals surface area contributed by atoms with E-state index in [1.165, 1.54) is 0 Å². The van der Waals surface area contributed by atoms with Crippen molar-refractivity contribution in [3.63, 3.8) is 0 Å². The number of unbranched alkanes of at least 4 members (excludes halogenated alkanes) is 2. The molecule has 0 spiro atoms. The van der Waals surface area contributed by atoms with Gasteiger partial charge in [-0.05, 0) is 24.6 Å². The average Bonchev–Trinajstić information content (AvgIpc) is 2.96. The van der Waals surface area contributed by atoms with E-state index in [0.717, 1.165) is 24.9 Å². The van der Waals surface area contributed by atoms with Crippen molar-refractivity contribution in [2.45, 2.75) is 26.2 Å². The van der Waals surface area contributed by atoms with Gasteiger partial charge in [0.1, 0.15) is 11.6 Å². The highest BCUT2D eigenvalue weighted by Crippen LogP contribution is 2.38. The molecule has 2 amide bonds. The second kappa shape index (κ2) is 8.33. The van der Waals surface area contributed by atoms with Gasteiger partial charge in [0.15, 0.2) is 0 Å². The van der Waals surface area contributed by atoms with E-state index in [9.17, 15) is 14.9 Å². The van der Waals surface area contributed by atoms with Crippen LogP contribution in [0.15, 0.2) is 60.2 Å². The maximum absolute atomic E-state index is 13.1. The molecule has 2 aromatic rings. The number of hydrogen-bond donors (Lipinski definition) is 1. The highest BCUT2D eigenvalue weighted by Gasteiger charge is 2.35. The summed E-state index contributed by atoms with van der Waals surface area (Å²) in [5.41, 5.74) is 1.99. The van der Waals surface area contributed by atoms with Crippen LogP contribution in [0.2, 0.25) is 0 Å². The maximum Gasteiger partial charge on any atom is 0.267 e. The number of carbonyl (C=O) groups excluding carboxylic acids is 2. The summed E-state index contributed by atoms with van der Waals surface area (Å²) in [7, 11) is 0. The topological polar surface area (TPSA) is 73.2 Å². The number of anilines is 2. The summed E-state index contributed by atoms with van der Waals surface area (Å²) in [5, 5.41) is 12.3. The quantitative estimate of drug-likeness (QED) is 0.479. The predicted molar refractivity (Wildman–Crippen MR) is 106 cm³/mol. The summed E-state index contributed by atoms with van der Waals surface area (Å²) in [6, 6.07) is 18.1. The lowest BCUT2D eigenvalue weighted by Gasteiger charge is -2.16. The Kier molecular flexibility index (Phi) is 5.68. The van der Waals surface area contributed by atoms with Crippen LogP contribution in [0.3, 0.4) is 0 Å². The number of para-hydroxylation sites is 2. The van der Waals surface area contributed by atoms with E-state index in [0.29, 0.717) is 17.8 Å². The Morgan fingerprint density at radius 3 is 2.48 bits per heavy atom. The molecule has 1 N–H and O–H groups in total. The Balaban J connectivity index is 1.98. The number of amides is 2. The minimum atomic E-state index is -0.572. The van der Waals surface area contributed by atoms with E-state index < -0.39 is 5.91 Å². The second-order valence-corrected chi connectivity index (χ2v) is 6.36. The molecular weight excluding hydrogens is 338 g/mol. The average molecular weight is 359 g/mol. The fraction of sp³-hybridized carbons (Fsp3) is 0.227. The van der Waals surface area contributed by atoms with Crippen molar-refractivity contribution < 1.29 is 9.59 Å². The molecule has 0 saturated carbocycles. The summed E-state index contributed by atoms with van der Waals surface area (Å²) >= 11 is 0. The molecule has 0 atom stereocenters. The lowest BCUT2D eigenvalue weighted by Crippen LogP contribution is -2.28. The molecule has 5 heteroatoms. The Morgan fingerprint density at radius 2 is 1.78 bits per heavy atom. The number of nitrogens with one attached hydrogen (secondary N) is 1. The smallest absolute Gasteiger partial charge is 0.267 e. The molecule has 2 aromatic carbocycles. The van der Waals surface area contributed by atoms with Crippen molar-refractivity contribution in [1.29, 1.82) is 5.26 Å². The van der Waals surface area contributed by atoms with Crippen molar-refractivity contribution in [2.75, 3.05) is 16.8 Å². The summed E-state index contributed by atoms with van der Waals surface area (Å²) in [6.45, 7) is 2.68. The van der Waals surface area contributed by atoms with Crippen LogP contribution in [0.1, 0.15) is 31.7 Å². The van der Waals surface area contributed by atoms with Crippen LogP contribution in [-0.2, 0) is 9.59 Å². The monoisotopic (exact) mass is 359 g/mol. The van der Waals surface area contributed by atoms with Crippen molar-refractivity contribution in [2.24, 2.45) is 0 Å². The fourth-order valence-electron chi connectivity index (χ4n) is 3.20. The standard InChI is InChI=1S/C22H21N3O2/c1-2-3-9-14-25-19-13-8-7-12-17(19)20(22(25)27)18(15-23)21(26)24-16-10-5-4-6-11-16/h4-8,10-13H,2-3,9,14H2,1H3,(H,24,26)/b20-18+. The molecule has 0 saturated heterocycles. The Morgan fingerprint density at radius 1 is 1.07 bits per heavy atom. The molecule has 0 bridgehead atoms. The zero-order chi connectivity index (χ0) is 19.2. The molecule has 0 aliphatic carbocycles. The number of fused-ring (bicyclic) bond motifs is 1. The highest BCUT2D eigenvalue weighted by molar-refractivity contribution is 6.37. The van der Waals surface area contributed by atoms with Crippen molar-refractivity contribution in [3.05, 3.63) is 65.7 Å². The fourth-order valence-corrected chi connectivity index (χ4v) is 3.20. The van der Waals surface area contributed by atoms with Crippen molar-refractivity contribution >= 4 is 28.8 Å². The van der Waals surface area contributed by atoms with Crippen LogP contribution in [-0.4, -0.2) is 18.4 Å². The minimum absolute atomic E-state index is 0.158. The zero-order valence-electron chi connectivity index (χ0n) is 15.2. The molecule has 5 nitrogen and oxygen atoms in total. The van der Waals surface area contributed by atoms with Gasteiger partial charge >= 0.3 is 0 Å². The maximum atomic E-state index is 13.1. The van der Waals surface area contributed by atoms with Gasteiger partial charge in [0, 0.05) is 17.8 Å². The SMILES string of the molecule is CCCCCN1C(=O)/C(=C(\C#N)C(=O)Nc2ccccc2)c2ccccc21. The van der Waals surface area contributed by atoms with E-state index in [-0.39, 0.29) is 17.1 Å². The van der Waals surface area contributed by atoms with Gasteiger partial charge in [0.25, 0.3) is 11.8 Å². The van der Waals surface area contributed by atoms with E-state index in [1.807, 2.05) is 30.3 Å². The largest absolute Gasteiger partial charge is 0.321 e. The molecule has 1 heterocycles. The molecule has 3 rings (SSSR count).